The van der Waals surface area contributed by atoms with Crippen LogP contribution in [0.2, 0.25) is 12.6 Å². The van der Waals surface area contributed by atoms with E-state index in [4.69, 9.17) is 0 Å². The summed E-state index contributed by atoms with van der Waals surface area (Å²) in [5.41, 5.74) is 5.07. The lowest BCUT2D eigenvalue weighted by atomic mass is 9.34. The van der Waals surface area contributed by atoms with Gasteiger partial charge in [0, 0.05) is 0 Å². The Morgan fingerprint density at radius 1 is 0.923 bits per heavy atom. The van der Waals surface area contributed by atoms with Gasteiger partial charge in [-0.15, -0.1) is 0 Å². The van der Waals surface area contributed by atoms with Crippen LogP contribution in [0.15, 0.2) is 18.2 Å². The summed E-state index contributed by atoms with van der Waals surface area (Å²) in [6, 6.07) is 6.94. The average Bonchev–Trinajstić information content (AvgIpc) is 2.19. The van der Waals surface area contributed by atoms with E-state index >= 15 is 0 Å². The first-order valence-electron chi connectivity index (χ1n) is 5.56. The first kappa shape index (κ1) is 7.67. The number of hydrogen-bond acceptors (Lipinski definition) is 0. The van der Waals surface area contributed by atoms with Gasteiger partial charge in [-0.3, -0.25) is 0 Å². The van der Waals surface area contributed by atoms with E-state index < -0.39 is 0 Å². The van der Waals surface area contributed by atoms with Gasteiger partial charge < -0.3 is 0 Å². The zero-order valence-electron chi connectivity index (χ0n) is 8.05. The standard InChI is InChI=1S/C12H15B/c1-4-10-6-2-8-13-9-3-7-11(5-1)12(10)13/h1,4-5H,2-3,6-9H2. The van der Waals surface area contributed by atoms with Gasteiger partial charge in [-0.2, -0.15) is 0 Å². The summed E-state index contributed by atoms with van der Waals surface area (Å²) in [7, 11) is 0. The molecule has 0 N–H and O–H groups in total. The molecular formula is C12H15B. The van der Waals surface area contributed by atoms with Crippen molar-refractivity contribution in [2.45, 2.75) is 38.3 Å². The fourth-order valence-electron chi connectivity index (χ4n) is 3.14. The molecule has 0 radical (unpaired) electrons. The van der Waals surface area contributed by atoms with Crippen LogP contribution in [0.25, 0.3) is 0 Å². The Balaban J connectivity index is 2.18. The van der Waals surface area contributed by atoms with E-state index in [2.05, 4.69) is 18.2 Å². The maximum absolute atomic E-state index is 2.34. The van der Waals surface area contributed by atoms with Crippen molar-refractivity contribution in [3.05, 3.63) is 29.3 Å². The second-order valence-electron chi connectivity index (χ2n) is 4.47. The van der Waals surface area contributed by atoms with Crippen LogP contribution in [0, 0.1) is 0 Å². The molecular weight excluding hydrogens is 155 g/mol. The zero-order valence-corrected chi connectivity index (χ0v) is 8.05. The van der Waals surface area contributed by atoms with Gasteiger partial charge in [-0.05, 0) is 12.8 Å². The summed E-state index contributed by atoms with van der Waals surface area (Å²) in [5, 5.41) is 0. The highest BCUT2D eigenvalue weighted by atomic mass is 14.2. The summed E-state index contributed by atoms with van der Waals surface area (Å²) < 4.78 is 0. The minimum atomic E-state index is 0.925. The molecule has 0 aliphatic carbocycles. The van der Waals surface area contributed by atoms with Crippen molar-refractivity contribution >= 4 is 12.2 Å². The second-order valence-corrected chi connectivity index (χ2v) is 4.47. The highest BCUT2D eigenvalue weighted by molar-refractivity contribution is 6.74. The first-order chi connectivity index (χ1) is 6.45. The summed E-state index contributed by atoms with van der Waals surface area (Å²) in [6.45, 7) is 0.925. The van der Waals surface area contributed by atoms with Crippen molar-refractivity contribution in [2.24, 2.45) is 0 Å². The zero-order chi connectivity index (χ0) is 8.67. The molecule has 0 aromatic heterocycles. The number of rotatable bonds is 0. The molecule has 13 heavy (non-hydrogen) atoms. The summed E-state index contributed by atoms with van der Waals surface area (Å²) in [4.78, 5) is 0. The highest BCUT2D eigenvalue weighted by Crippen LogP contribution is 2.24. The Hall–Kier alpha value is -0.715. The number of benzene rings is 1. The van der Waals surface area contributed by atoms with E-state index in [9.17, 15) is 0 Å². The van der Waals surface area contributed by atoms with E-state index in [1.807, 2.05) is 0 Å². The highest BCUT2D eigenvalue weighted by Gasteiger charge is 2.28. The van der Waals surface area contributed by atoms with Gasteiger partial charge in [0.1, 0.15) is 0 Å². The molecule has 0 nitrogen and oxygen atoms in total. The van der Waals surface area contributed by atoms with E-state index in [0.717, 1.165) is 6.71 Å². The fraction of sp³-hybridized carbons (Fsp3) is 0.500. The summed E-state index contributed by atoms with van der Waals surface area (Å²) in [6.07, 6.45) is 8.40. The van der Waals surface area contributed by atoms with Crippen LogP contribution >= 0.6 is 0 Å². The molecule has 0 amide bonds. The first-order valence-corrected chi connectivity index (χ1v) is 5.56. The topological polar surface area (TPSA) is 0 Å². The van der Waals surface area contributed by atoms with Crippen molar-refractivity contribution < 1.29 is 0 Å². The molecule has 0 bridgehead atoms. The van der Waals surface area contributed by atoms with Gasteiger partial charge in [0.15, 0.2) is 6.71 Å². The van der Waals surface area contributed by atoms with E-state index in [0.29, 0.717) is 0 Å². The molecule has 0 spiro atoms. The fourth-order valence-corrected chi connectivity index (χ4v) is 3.14. The number of hydrogen-bond donors (Lipinski definition) is 0. The van der Waals surface area contributed by atoms with Crippen molar-refractivity contribution in [1.82, 2.24) is 0 Å². The largest absolute Gasteiger partial charge is 0.176 e. The third kappa shape index (κ3) is 1.13. The molecule has 1 heteroatoms. The monoisotopic (exact) mass is 170 g/mol. The molecule has 0 fully saturated rings. The van der Waals surface area contributed by atoms with Gasteiger partial charge >= 0.3 is 0 Å². The van der Waals surface area contributed by atoms with Crippen LogP contribution in [0.5, 0.6) is 0 Å². The van der Waals surface area contributed by atoms with E-state index in [-0.39, 0.29) is 0 Å². The predicted octanol–water partition coefficient (Wildman–Crippen LogP) is 2.28. The summed E-state index contributed by atoms with van der Waals surface area (Å²) in [5.74, 6) is 0. The smallest absolute Gasteiger partial charge is 0.0738 e. The Bertz CT molecular complexity index is 302. The SMILES string of the molecule is c1cc2c3c(c1)CCCB3CCC2. The third-order valence-electron chi connectivity index (χ3n) is 3.69. The van der Waals surface area contributed by atoms with Crippen molar-refractivity contribution in [1.29, 1.82) is 0 Å². The molecule has 1 aromatic carbocycles. The Morgan fingerprint density at radius 2 is 1.54 bits per heavy atom. The van der Waals surface area contributed by atoms with Crippen LogP contribution < -0.4 is 5.46 Å². The van der Waals surface area contributed by atoms with Gasteiger partial charge in [0.25, 0.3) is 0 Å². The Morgan fingerprint density at radius 3 is 2.15 bits per heavy atom. The molecule has 0 unspecified atom stereocenters. The molecule has 0 saturated heterocycles. The normalized spacial score (nSPS) is 19.8. The average molecular weight is 170 g/mol. The van der Waals surface area contributed by atoms with Crippen LogP contribution in [0.1, 0.15) is 24.0 Å². The van der Waals surface area contributed by atoms with E-state index in [1.165, 1.54) is 38.3 Å². The van der Waals surface area contributed by atoms with Gasteiger partial charge in [-0.1, -0.05) is 60.3 Å². The minimum absolute atomic E-state index is 0.925. The molecule has 2 heterocycles. The van der Waals surface area contributed by atoms with Gasteiger partial charge in [0.05, 0.1) is 0 Å². The second kappa shape index (κ2) is 2.90. The summed E-state index contributed by atoms with van der Waals surface area (Å²) >= 11 is 0. The minimum Gasteiger partial charge on any atom is -0.0738 e. The van der Waals surface area contributed by atoms with Gasteiger partial charge in [0.2, 0.25) is 0 Å². The molecule has 66 valence electrons. The van der Waals surface area contributed by atoms with Crippen LogP contribution in [-0.4, -0.2) is 6.71 Å². The lowest BCUT2D eigenvalue weighted by molar-refractivity contribution is 0.835. The van der Waals surface area contributed by atoms with Crippen LogP contribution in [0.3, 0.4) is 0 Å². The Kier molecular flexibility index (Phi) is 1.71. The third-order valence-corrected chi connectivity index (χ3v) is 3.69. The van der Waals surface area contributed by atoms with Gasteiger partial charge in [-0.25, -0.2) is 0 Å². The maximum atomic E-state index is 2.34. The number of aryl methyl sites for hydroxylation is 2. The van der Waals surface area contributed by atoms with Crippen molar-refractivity contribution in [2.75, 3.05) is 0 Å². The van der Waals surface area contributed by atoms with Crippen molar-refractivity contribution in [3.8, 4) is 0 Å². The lowest BCUT2D eigenvalue weighted by Gasteiger charge is -2.29. The molecule has 0 saturated carbocycles. The maximum Gasteiger partial charge on any atom is 0.176 e. The lowest BCUT2D eigenvalue weighted by Crippen LogP contribution is -2.41. The Labute approximate surface area is 80.4 Å². The molecule has 2 aliphatic heterocycles. The molecule has 3 rings (SSSR count). The van der Waals surface area contributed by atoms with Crippen LogP contribution in [-0.2, 0) is 12.8 Å². The predicted molar refractivity (Wildman–Crippen MR) is 58.1 cm³/mol. The molecule has 2 aliphatic rings. The van der Waals surface area contributed by atoms with Crippen molar-refractivity contribution in [3.63, 3.8) is 0 Å². The molecule has 0 atom stereocenters. The van der Waals surface area contributed by atoms with Crippen LogP contribution in [0.4, 0.5) is 0 Å². The quantitative estimate of drug-likeness (QED) is 0.524. The van der Waals surface area contributed by atoms with E-state index in [1.54, 1.807) is 16.6 Å². The molecule has 1 aromatic rings.